The van der Waals surface area contributed by atoms with Gasteiger partial charge in [0, 0.05) is 19.6 Å². The van der Waals surface area contributed by atoms with E-state index in [1.54, 1.807) is 0 Å². The molecule has 16 heavy (non-hydrogen) atoms. The third-order valence-corrected chi connectivity index (χ3v) is 2.59. The Balaban J connectivity index is 1.94. The first-order chi connectivity index (χ1) is 7.70. The van der Waals surface area contributed by atoms with Crippen LogP contribution in [0.25, 0.3) is 0 Å². The second-order valence-electron chi connectivity index (χ2n) is 4.00. The van der Waals surface area contributed by atoms with Gasteiger partial charge in [-0.05, 0) is 25.7 Å². The van der Waals surface area contributed by atoms with E-state index in [1.165, 1.54) is 0 Å². The lowest BCUT2D eigenvalue weighted by atomic mass is 10.2. The van der Waals surface area contributed by atoms with Crippen molar-refractivity contribution in [3.63, 3.8) is 0 Å². The monoisotopic (exact) mass is 229 g/mol. The molecule has 1 fully saturated rings. The molecule has 0 aromatic heterocycles. The molecule has 1 atom stereocenters. The summed E-state index contributed by atoms with van der Waals surface area (Å²) >= 11 is 0. The molecule has 1 amide bonds. The van der Waals surface area contributed by atoms with E-state index in [4.69, 9.17) is 9.84 Å². The Kier molecular flexibility index (Phi) is 5.85. The summed E-state index contributed by atoms with van der Waals surface area (Å²) in [5, 5.41) is 11.2. The van der Waals surface area contributed by atoms with Crippen molar-refractivity contribution in [2.45, 2.75) is 44.6 Å². The van der Waals surface area contributed by atoms with Gasteiger partial charge in [-0.15, -0.1) is 0 Å². The number of unbranched alkanes of at least 4 members (excludes halogenated alkanes) is 2. The van der Waals surface area contributed by atoms with Crippen LogP contribution in [-0.4, -0.2) is 36.2 Å². The summed E-state index contributed by atoms with van der Waals surface area (Å²) < 4.78 is 5.23. The van der Waals surface area contributed by atoms with Gasteiger partial charge < -0.3 is 15.2 Å². The summed E-state index contributed by atoms with van der Waals surface area (Å²) in [4.78, 5) is 21.7. The van der Waals surface area contributed by atoms with E-state index in [2.05, 4.69) is 5.32 Å². The van der Waals surface area contributed by atoms with Crippen molar-refractivity contribution in [1.29, 1.82) is 0 Å². The molecule has 5 nitrogen and oxygen atoms in total. The maximum Gasteiger partial charge on any atom is 0.303 e. The predicted octanol–water partition coefficient (Wildman–Crippen LogP) is 0.927. The number of carboxylic acids is 1. The normalized spacial score (nSPS) is 19.6. The van der Waals surface area contributed by atoms with Crippen molar-refractivity contribution in [2.24, 2.45) is 0 Å². The Morgan fingerprint density at radius 3 is 2.75 bits per heavy atom. The molecular weight excluding hydrogens is 210 g/mol. The number of carbonyl (C=O) groups is 2. The maximum atomic E-state index is 11.5. The third kappa shape index (κ3) is 5.11. The van der Waals surface area contributed by atoms with Crippen LogP contribution in [0, 0.1) is 0 Å². The van der Waals surface area contributed by atoms with Gasteiger partial charge in [-0.25, -0.2) is 0 Å². The average molecular weight is 229 g/mol. The largest absolute Gasteiger partial charge is 0.481 e. The van der Waals surface area contributed by atoms with Crippen LogP contribution in [0.1, 0.15) is 38.5 Å². The molecule has 0 saturated carbocycles. The molecule has 2 N–H and O–H groups in total. The smallest absolute Gasteiger partial charge is 0.303 e. The fourth-order valence-corrected chi connectivity index (χ4v) is 1.69. The van der Waals surface area contributed by atoms with Crippen LogP contribution >= 0.6 is 0 Å². The molecule has 0 radical (unpaired) electrons. The quantitative estimate of drug-likeness (QED) is 0.637. The number of carbonyl (C=O) groups excluding carboxylic acids is 1. The van der Waals surface area contributed by atoms with Crippen molar-refractivity contribution < 1.29 is 19.4 Å². The van der Waals surface area contributed by atoms with Gasteiger partial charge in [0.15, 0.2) is 0 Å². The van der Waals surface area contributed by atoms with Crippen molar-refractivity contribution in [3.05, 3.63) is 0 Å². The fourth-order valence-electron chi connectivity index (χ4n) is 1.69. The van der Waals surface area contributed by atoms with E-state index >= 15 is 0 Å². The second-order valence-corrected chi connectivity index (χ2v) is 4.00. The van der Waals surface area contributed by atoms with E-state index < -0.39 is 5.97 Å². The highest BCUT2D eigenvalue weighted by Crippen LogP contribution is 2.11. The first kappa shape index (κ1) is 13.0. The van der Waals surface area contributed by atoms with Crippen LogP contribution in [0.15, 0.2) is 0 Å². The highest BCUT2D eigenvalue weighted by atomic mass is 16.5. The van der Waals surface area contributed by atoms with Gasteiger partial charge in [-0.1, -0.05) is 6.42 Å². The minimum absolute atomic E-state index is 0.0317. The van der Waals surface area contributed by atoms with Gasteiger partial charge in [-0.2, -0.15) is 0 Å². The topological polar surface area (TPSA) is 75.6 Å². The molecule has 1 aliphatic heterocycles. The van der Waals surface area contributed by atoms with Crippen LogP contribution in [0.2, 0.25) is 0 Å². The van der Waals surface area contributed by atoms with Gasteiger partial charge in [0.1, 0.15) is 6.10 Å². The Hall–Kier alpha value is -1.10. The SMILES string of the molecule is O=C(O)CCCCCNC(=O)[C@@H]1CCCO1. The molecule has 0 aliphatic carbocycles. The molecule has 0 bridgehead atoms. The molecule has 1 heterocycles. The summed E-state index contributed by atoms with van der Waals surface area (Å²) in [6.45, 7) is 1.29. The molecule has 0 spiro atoms. The summed E-state index contributed by atoms with van der Waals surface area (Å²) in [6.07, 6.45) is 4.04. The summed E-state index contributed by atoms with van der Waals surface area (Å²) in [7, 11) is 0. The lowest BCUT2D eigenvalue weighted by Gasteiger charge is -2.09. The lowest BCUT2D eigenvalue weighted by molar-refractivity contribution is -0.137. The standard InChI is InChI=1S/C11H19NO4/c13-10(14)6-2-1-3-7-12-11(15)9-5-4-8-16-9/h9H,1-8H2,(H,12,15)(H,13,14)/t9-/m0/s1. The minimum Gasteiger partial charge on any atom is -0.481 e. The summed E-state index contributed by atoms with van der Waals surface area (Å²) in [5.41, 5.74) is 0. The van der Waals surface area contributed by atoms with E-state index in [0.717, 1.165) is 25.7 Å². The number of ether oxygens (including phenoxy) is 1. The van der Waals surface area contributed by atoms with Gasteiger partial charge in [0.05, 0.1) is 0 Å². The van der Waals surface area contributed by atoms with Gasteiger partial charge in [0.2, 0.25) is 5.91 Å². The number of nitrogens with one attached hydrogen (secondary N) is 1. The Morgan fingerprint density at radius 2 is 2.12 bits per heavy atom. The zero-order chi connectivity index (χ0) is 11.8. The number of hydrogen-bond donors (Lipinski definition) is 2. The average Bonchev–Trinajstić information content (AvgIpc) is 2.75. The highest BCUT2D eigenvalue weighted by Gasteiger charge is 2.22. The maximum absolute atomic E-state index is 11.5. The highest BCUT2D eigenvalue weighted by molar-refractivity contribution is 5.80. The van der Waals surface area contributed by atoms with Crippen LogP contribution in [0.3, 0.4) is 0 Å². The molecular formula is C11H19NO4. The van der Waals surface area contributed by atoms with Crippen molar-refractivity contribution >= 4 is 11.9 Å². The summed E-state index contributed by atoms with van der Waals surface area (Å²) in [5.74, 6) is -0.792. The van der Waals surface area contributed by atoms with E-state index in [1.807, 2.05) is 0 Å². The van der Waals surface area contributed by atoms with Gasteiger partial charge in [0.25, 0.3) is 0 Å². The Bertz CT molecular complexity index is 236. The number of aliphatic carboxylic acids is 1. The molecule has 0 aromatic rings. The van der Waals surface area contributed by atoms with Crippen molar-refractivity contribution in [1.82, 2.24) is 5.32 Å². The Morgan fingerprint density at radius 1 is 1.31 bits per heavy atom. The van der Waals surface area contributed by atoms with Crippen LogP contribution in [-0.2, 0) is 14.3 Å². The van der Waals surface area contributed by atoms with E-state index in [9.17, 15) is 9.59 Å². The first-order valence-corrected chi connectivity index (χ1v) is 5.81. The van der Waals surface area contributed by atoms with E-state index in [-0.39, 0.29) is 18.4 Å². The number of hydrogen-bond acceptors (Lipinski definition) is 3. The molecule has 0 unspecified atom stereocenters. The molecule has 92 valence electrons. The van der Waals surface area contributed by atoms with Crippen LogP contribution in [0.5, 0.6) is 0 Å². The summed E-state index contributed by atoms with van der Waals surface area (Å²) in [6, 6.07) is 0. The van der Waals surface area contributed by atoms with Gasteiger partial charge >= 0.3 is 5.97 Å². The minimum atomic E-state index is -0.761. The Labute approximate surface area is 95.2 Å². The second kappa shape index (κ2) is 7.22. The molecule has 1 aliphatic rings. The van der Waals surface area contributed by atoms with E-state index in [0.29, 0.717) is 19.6 Å². The number of rotatable bonds is 7. The van der Waals surface area contributed by atoms with Crippen molar-refractivity contribution in [3.8, 4) is 0 Å². The number of carboxylic acid groups (broad SMARTS) is 1. The zero-order valence-electron chi connectivity index (χ0n) is 9.41. The molecule has 5 heteroatoms. The van der Waals surface area contributed by atoms with Crippen LogP contribution < -0.4 is 5.32 Å². The lowest BCUT2D eigenvalue weighted by Crippen LogP contribution is -2.34. The van der Waals surface area contributed by atoms with Gasteiger partial charge in [-0.3, -0.25) is 9.59 Å². The first-order valence-electron chi connectivity index (χ1n) is 5.81. The van der Waals surface area contributed by atoms with Crippen LogP contribution in [0.4, 0.5) is 0 Å². The predicted molar refractivity (Wildman–Crippen MR) is 58.1 cm³/mol. The fraction of sp³-hybridized carbons (Fsp3) is 0.818. The zero-order valence-corrected chi connectivity index (χ0v) is 9.41. The third-order valence-electron chi connectivity index (χ3n) is 2.59. The molecule has 0 aromatic carbocycles. The molecule has 1 rings (SSSR count). The van der Waals surface area contributed by atoms with Crippen molar-refractivity contribution in [2.75, 3.05) is 13.2 Å². The molecule has 1 saturated heterocycles. The number of amides is 1.